The maximum Gasteiger partial charge on any atom is 0.338 e. The van der Waals surface area contributed by atoms with Gasteiger partial charge in [-0.3, -0.25) is 9.36 Å². The van der Waals surface area contributed by atoms with E-state index in [9.17, 15) is 9.59 Å². The van der Waals surface area contributed by atoms with Gasteiger partial charge in [0, 0.05) is 11.7 Å². The fourth-order valence-corrected chi connectivity index (χ4v) is 3.51. The Morgan fingerprint density at radius 2 is 1.97 bits per heavy atom. The molecule has 3 rings (SSSR count). The molecule has 3 aromatic rings. The summed E-state index contributed by atoms with van der Waals surface area (Å²) in [5.41, 5.74) is 1.04. The second-order valence-electron chi connectivity index (χ2n) is 6.38. The van der Waals surface area contributed by atoms with Gasteiger partial charge in [0.2, 0.25) is 11.7 Å². The van der Waals surface area contributed by atoms with Gasteiger partial charge in [-0.15, -0.1) is 10.2 Å². The predicted molar refractivity (Wildman–Crippen MR) is 110 cm³/mol. The van der Waals surface area contributed by atoms with Gasteiger partial charge in [0.15, 0.2) is 10.9 Å². The Morgan fingerprint density at radius 3 is 2.59 bits per heavy atom. The first-order chi connectivity index (χ1) is 14.0. The van der Waals surface area contributed by atoms with Gasteiger partial charge >= 0.3 is 5.97 Å². The maximum absolute atomic E-state index is 12.3. The van der Waals surface area contributed by atoms with E-state index in [0.717, 1.165) is 0 Å². The molecule has 0 saturated heterocycles. The van der Waals surface area contributed by atoms with Gasteiger partial charge < -0.3 is 14.5 Å². The number of benzene rings is 1. The number of aromatic nitrogens is 3. The lowest BCUT2D eigenvalue weighted by Gasteiger charge is -2.12. The molecular weight excluding hydrogens is 392 g/mol. The molecule has 1 N–H and O–H groups in total. The van der Waals surface area contributed by atoms with E-state index in [0.29, 0.717) is 34.6 Å². The Kier molecular flexibility index (Phi) is 6.71. The summed E-state index contributed by atoms with van der Waals surface area (Å²) < 4.78 is 12.3. The molecule has 9 heteroatoms. The van der Waals surface area contributed by atoms with Crippen LogP contribution in [-0.2, 0) is 9.53 Å². The Balaban J connectivity index is 1.62. The van der Waals surface area contributed by atoms with Crippen molar-refractivity contribution in [2.75, 3.05) is 17.7 Å². The molecule has 0 aliphatic heterocycles. The van der Waals surface area contributed by atoms with Crippen molar-refractivity contribution in [3.05, 3.63) is 48.2 Å². The summed E-state index contributed by atoms with van der Waals surface area (Å²) in [4.78, 5) is 24.0. The lowest BCUT2D eigenvalue weighted by molar-refractivity contribution is -0.113. The summed E-state index contributed by atoms with van der Waals surface area (Å²) in [6.45, 7) is 6.11. The molecule has 2 heterocycles. The maximum atomic E-state index is 12.3. The van der Waals surface area contributed by atoms with Crippen LogP contribution in [0.25, 0.3) is 11.6 Å². The number of carbonyl (C=O) groups is 2. The third-order valence-corrected chi connectivity index (χ3v) is 4.88. The second-order valence-corrected chi connectivity index (χ2v) is 7.32. The number of carbonyl (C=O) groups excluding carboxylic acids is 2. The van der Waals surface area contributed by atoms with Crippen molar-refractivity contribution >= 4 is 29.3 Å². The molecule has 1 amide bonds. The van der Waals surface area contributed by atoms with Crippen molar-refractivity contribution in [3.63, 3.8) is 0 Å². The smallest absolute Gasteiger partial charge is 0.338 e. The van der Waals surface area contributed by atoms with Crippen LogP contribution >= 0.6 is 11.8 Å². The zero-order valence-corrected chi connectivity index (χ0v) is 17.2. The third kappa shape index (κ3) is 5.05. The third-order valence-electron chi connectivity index (χ3n) is 3.93. The summed E-state index contributed by atoms with van der Waals surface area (Å²) in [5.74, 6) is 0.854. The molecule has 0 unspecified atom stereocenters. The molecule has 8 nitrogen and oxygen atoms in total. The minimum atomic E-state index is -0.388. The number of rotatable bonds is 8. The zero-order valence-electron chi connectivity index (χ0n) is 16.4. The molecule has 152 valence electrons. The molecular formula is C20H22N4O4S. The molecule has 0 bridgehead atoms. The Labute approximate surface area is 172 Å². The van der Waals surface area contributed by atoms with Gasteiger partial charge in [0.05, 0.1) is 24.2 Å². The average Bonchev–Trinajstić information content (AvgIpc) is 3.36. The quantitative estimate of drug-likeness (QED) is 0.439. The minimum Gasteiger partial charge on any atom is -0.462 e. The Morgan fingerprint density at radius 1 is 1.21 bits per heavy atom. The second kappa shape index (κ2) is 9.42. The van der Waals surface area contributed by atoms with E-state index >= 15 is 0 Å². The molecule has 0 aliphatic rings. The fourth-order valence-electron chi connectivity index (χ4n) is 2.65. The van der Waals surface area contributed by atoms with Crippen LogP contribution in [0.3, 0.4) is 0 Å². The van der Waals surface area contributed by atoms with E-state index in [1.165, 1.54) is 11.8 Å². The average molecular weight is 414 g/mol. The van der Waals surface area contributed by atoms with Crippen LogP contribution < -0.4 is 5.32 Å². The molecule has 0 atom stereocenters. The number of nitrogens with one attached hydrogen (secondary N) is 1. The van der Waals surface area contributed by atoms with Crippen LogP contribution in [0.4, 0.5) is 5.69 Å². The molecule has 0 spiro atoms. The van der Waals surface area contributed by atoms with E-state index in [4.69, 9.17) is 9.15 Å². The van der Waals surface area contributed by atoms with E-state index in [-0.39, 0.29) is 23.7 Å². The number of nitrogens with zero attached hydrogens (tertiary/aromatic N) is 3. The lowest BCUT2D eigenvalue weighted by atomic mass is 10.2. The molecule has 0 radical (unpaired) electrons. The molecule has 29 heavy (non-hydrogen) atoms. The molecule has 0 saturated carbocycles. The Hall–Kier alpha value is -3.07. The van der Waals surface area contributed by atoms with Crippen LogP contribution in [0, 0.1) is 0 Å². The van der Waals surface area contributed by atoms with Crippen molar-refractivity contribution in [1.29, 1.82) is 0 Å². The van der Waals surface area contributed by atoms with Gasteiger partial charge in [0.1, 0.15) is 0 Å². The number of amides is 1. The normalized spacial score (nSPS) is 10.9. The zero-order chi connectivity index (χ0) is 20.8. The first-order valence-electron chi connectivity index (χ1n) is 9.18. The van der Waals surface area contributed by atoms with E-state index < -0.39 is 0 Å². The van der Waals surface area contributed by atoms with Gasteiger partial charge in [-0.2, -0.15) is 0 Å². The largest absolute Gasteiger partial charge is 0.462 e. The lowest BCUT2D eigenvalue weighted by Crippen LogP contribution is -2.15. The van der Waals surface area contributed by atoms with Crippen molar-refractivity contribution < 1.29 is 18.7 Å². The molecule has 2 aromatic heterocycles. The summed E-state index contributed by atoms with van der Waals surface area (Å²) >= 11 is 1.30. The van der Waals surface area contributed by atoms with Crippen molar-refractivity contribution in [2.24, 2.45) is 0 Å². The predicted octanol–water partition coefficient (Wildman–Crippen LogP) is 4.03. The van der Waals surface area contributed by atoms with Crippen LogP contribution in [0.5, 0.6) is 0 Å². The fraction of sp³-hybridized carbons (Fsp3) is 0.300. The first-order valence-corrected chi connectivity index (χ1v) is 10.2. The van der Waals surface area contributed by atoms with Crippen molar-refractivity contribution in [2.45, 2.75) is 32.0 Å². The number of thioether (sulfide) groups is 1. The number of ether oxygens (including phenoxy) is 1. The van der Waals surface area contributed by atoms with Gasteiger partial charge in [-0.1, -0.05) is 11.8 Å². The highest BCUT2D eigenvalue weighted by molar-refractivity contribution is 7.99. The topological polar surface area (TPSA) is 99.2 Å². The number of anilines is 1. The summed E-state index contributed by atoms with van der Waals surface area (Å²) in [6.07, 6.45) is 1.59. The van der Waals surface area contributed by atoms with Crippen molar-refractivity contribution in [1.82, 2.24) is 14.8 Å². The molecule has 0 fully saturated rings. The van der Waals surface area contributed by atoms with Crippen LogP contribution in [0.15, 0.2) is 52.2 Å². The summed E-state index contributed by atoms with van der Waals surface area (Å²) in [5, 5.41) is 11.9. The SMILES string of the molecule is CCOC(=O)c1ccc(NC(=O)CSc2nnc(-c3ccco3)n2C(C)C)cc1. The monoisotopic (exact) mass is 414 g/mol. The highest BCUT2D eigenvalue weighted by atomic mass is 32.2. The highest BCUT2D eigenvalue weighted by Crippen LogP contribution is 2.28. The summed E-state index contributed by atoms with van der Waals surface area (Å²) in [6, 6.07) is 10.3. The first kappa shape index (κ1) is 20.7. The van der Waals surface area contributed by atoms with Crippen LogP contribution in [0.2, 0.25) is 0 Å². The van der Waals surface area contributed by atoms with E-state index in [1.807, 2.05) is 24.5 Å². The van der Waals surface area contributed by atoms with E-state index in [2.05, 4.69) is 15.5 Å². The standard InChI is InChI=1S/C20H22N4O4S/c1-4-27-19(26)14-7-9-15(10-8-14)21-17(25)12-29-20-23-22-18(24(20)13(2)3)16-6-5-11-28-16/h5-11,13H,4,12H2,1-3H3,(H,21,25). The van der Waals surface area contributed by atoms with Gasteiger partial charge in [-0.25, -0.2) is 4.79 Å². The minimum absolute atomic E-state index is 0.103. The molecule has 1 aromatic carbocycles. The highest BCUT2D eigenvalue weighted by Gasteiger charge is 2.19. The van der Waals surface area contributed by atoms with Crippen molar-refractivity contribution in [3.8, 4) is 11.6 Å². The van der Waals surface area contributed by atoms with Gasteiger partial charge in [0.25, 0.3) is 0 Å². The van der Waals surface area contributed by atoms with Gasteiger partial charge in [-0.05, 0) is 57.2 Å². The number of furan rings is 1. The Bertz CT molecular complexity index is 965. The molecule has 0 aliphatic carbocycles. The summed E-state index contributed by atoms with van der Waals surface area (Å²) in [7, 11) is 0. The van der Waals surface area contributed by atoms with E-state index in [1.54, 1.807) is 43.5 Å². The number of hydrogen-bond acceptors (Lipinski definition) is 7. The number of hydrogen-bond donors (Lipinski definition) is 1. The van der Waals surface area contributed by atoms with Crippen LogP contribution in [0.1, 0.15) is 37.2 Å². The number of esters is 1. The van der Waals surface area contributed by atoms with Crippen LogP contribution in [-0.4, -0.2) is 39.0 Å².